The number of benzene rings is 1. The lowest BCUT2D eigenvalue weighted by Crippen LogP contribution is -2.46. The van der Waals surface area contributed by atoms with E-state index in [0.29, 0.717) is 12.3 Å². The zero-order chi connectivity index (χ0) is 14.8. The SMILES string of the molecule is COc1ccc(Br)c(CN2CCSCC2S(C)(=O)=O)c1. The molecular weight excluding hydrogens is 362 g/mol. The summed E-state index contributed by atoms with van der Waals surface area (Å²) in [4.78, 5) is 2.03. The van der Waals surface area contributed by atoms with Crippen molar-refractivity contribution in [3.8, 4) is 5.75 Å². The molecule has 0 bridgehead atoms. The van der Waals surface area contributed by atoms with Crippen LogP contribution >= 0.6 is 27.7 Å². The monoisotopic (exact) mass is 379 g/mol. The zero-order valence-corrected chi connectivity index (χ0v) is 14.7. The molecule has 1 saturated heterocycles. The first-order valence-electron chi connectivity index (χ1n) is 6.25. The van der Waals surface area contributed by atoms with Crippen LogP contribution in [-0.4, -0.2) is 50.1 Å². The number of thioether (sulfide) groups is 1. The van der Waals surface area contributed by atoms with Gasteiger partial charge in [0.15, 0.2) is 9.84 Å². The topological polar surface area (TPSA) is 46.6 Å². The third-order valence-corrected chi connectivity index (χ3v) is 6.77. The normalized spacial score (nSPS) is 20.9. The molecule has 0 saturated carbocycles. The first-order chi connectivity index (χ1) is 9.41. The highest BCUT2D eigenvalue weighted by Crippen LogP contribution is 2.27. The summed E-state index contributed by atoms with van der Waals surface area (Å²) >= 11 is 5.22. The van der Waals surface area contributed by atoms with Gasteiger partial charge in [0, 0.05) is 35.3 Å². The van der Waals surface area contributed by atoms with Gasteiger partial charge < -0.3 is 4.74 Å². The van der Waals surface area contributed by atoms with E-state index >= 15 is 0 Å². The number of halogens is 1. The largest absolute Gasteiger partial charge is 0.497 e. The standard InChI is InChI=1S/C13H18BrNO3S2/c1-18-11-3-4-12(14)10(7-11)8-15-5-6-19-9-13(15)20(2,16)17/h3-4,7,13H,5-6,8-9H2,1-2H3. The molecule has 7 heteroatoms. The minimum absolute atomic E-state index is 0.403. The molecular formula is C13H18BrNO3S2. The van der Waals surface area contributed by atoms with Gasteiger partial charge >= 0.3 is 0 Å². The van der Waals surface area contributed by atoms with Crippen LogP contribution in [0.25, 0.3) is 0 Å². The molecule has 1 aliphatic rings. The van der Waals surface area contributed by atoms with Gasteiger partial charge in [0.05, 0.1) is 7.11 Å². The van der Waals surface area contributed by atoms with E-state index in [0.717, 1.165) is 28.1 Å². The molecule has 1 heterocycles. The van der Waals surface area contributed by atoms with Crippen LogP contribution in [0.15, 0.2) is 22.7 Å². The average Bonchev–Trinajstić information content (AvgIpc) is 2.41. The van der Waals surface area contributed by atoms with Gasteiger partial charge in [-0.25, -0.2) is 8.42 Å². The molecule has 0 spiro atoms. The molecule has 0 N–H and O–H groups in total. The van der Waals surface area contributed by atoms with Crippen LogP contribution in [-0.2, 0) is 16.4 Å². The molecule has 1 unspecified atom stereocenters. The van der Waals surface area contributed by atoms with Gasteiger partial charge in [-0.2, -0.15) is 11.8 Å². The Morgan fingerprint density at radius 1 is 1.50 bits per heavy atom. The van der Waals surface area contributed by atoms with E-state index in [-0.39, 0.29) is 0 Å². The maximum atomic E-state index is 11.9. The van der Waals surface area contributed by atoms with Crippen molar-refractivity contribution in [2.24, 2.45) is 0 Å². The maximum absolute atomic E-state index is 11.9. The minimum Gasteiger partial charge on any atom is -0.497 e. The fourth-order valence-electron chi connectivity index (χ4n) is 2.21. The highest BCUT2D eigenvalue weighted by molar-refractivity contribution is 9.10. The Morgan fingerprint density at radius 2 is 2.25 bits per heavy atom. The second-order valence-electron chi connectivity index (χ2n) is 4.79. The Balaban J connectivity index is 2.23. The fraction of sp³-hybridized carbons (Fsp3) is 0.538. The molecule has 0 aromatic heterocycles. The van der Waals surface area contributed by atoms with Crippen LogP contribution in [0.5, 0.6) is 5.75 Å². The predicted molar refractivity (Wildman–Crippen MR) is 87.1 cm³/mol. The van der Waals surface area contributed by atoms with Crippen LogP contribution < -0.4 is 4.74 Å². The quantitative estimate of drug-likeness (QED) is 0.803. The lowest BCUT2D eigenvalue weighted by atomic mass is 10.2. The molecule has 0 amide bonds. The molecule has 4 nitrogen and oxygen atoms in total. The highest BCUT2D eigenvalue weighted by atomic mass is 79.9. The highest BCUT2D eigenvalue weighted by Gasteiger charge is 2.31. The lowest BCUT2D eigenvalue weighted by Gasteiger charge is -2.34. The Bertz CT molecular complexity index is 577. The van der Waals surface area contributed by atoms with Crippen molar-refractivity contribution in [1.29, 1.82) is 0 Å². The van der Waals surface area contributed by atoms with Gasteiger partial charge in [0.1, 0.15) is 11.1 Å². The Labute approximate surface area is 132 Å². The van der Waals surface area contributed by atoms with Crippen molar-refractivity contribution in [1.82, 2.24) is 4.90 Å². The zero-order valence-electron chi connectivity index (χ0n) is 11.5. The first kappa shape index (κ1) is 16.1. The number of hydrogen-bond donors (Lipinski definition) is 0. The molecule has 1 fully saturated rings. The summed E-state index contributed by atoms with van der Waals surface area (Å²) < 4.78 is 30.0. The summed E-state index contributed by atoms with van der Waals surface area (Å²) in [6.07, 6.45) is 1.32. The third kappa shape index (κ3) is 3.90. The summed E-state index contributed by atoms with van der Waals surface area (Å²) in [5.74, 6) is 2.39. The molecule has 1 aromatic carbocycles. The number of sulfone groups is 1. The number of methoxy groups -OCH3 is 1. The van der Waals surface area contributed by atoms with E-state index in [1.807, 2.05) is 23.1 Å². The Morgan fingerprint density at radius 3 is 2.90 bits per heavy atom. The molecule has 0 aliphatic carbocycles. The molecule has 0 radical (unpaired) electrons. The Kier molecular flexibility index (Phi) is 5.39. The second kappa shape index (κ2) is 6.68. The van der Waals surface area contributed by atoms with Gasteiger partial charge in [-0.1, -0.05) is 15.9 Å². The smallest absolute Gasteiger partial charge is 0.164 e. The summed E-state index contributed by atoms with van der Waals surface area (Å²) in [6, 6.07) is 5.77. The van der Waals surface area contributed by atoms with E-state index in [9.17, 15) is 8.42 Å². The van der Waals surface area contributed by atoms with Crippen molar-refractivity contribution in [2.75, 3.05) is 31.4 Å². The van der Waals surface area contributed by atoms with E-state index in [1.54, 1.807) is 18.9 Å². The second-order valence-corrected chi connectivity index (χ2v) is 8.99. The van der Waals surface area contributed by atoms with Gasteiger partial charge in [-0.15, -0.1) is 0 Å². The first-order valence-corrected chi connectivity index (χ1v) is 10.1. The van der Waals surface area contributed by atoms with E-state index < -0.39 is 15.2 Å². The fourth-order valence-corrected chi connectivity index (χ4v) is 5.52. The summed E-state index contributed by atoms with van der Waals surface area (Å²) in [6.45, 7) is 1.39. The van der Waals surface area contributed by atoms with Gasteiger partial charge in [0.2, 0.25) is 0 Å². The van der Waals surface area contributed by atoms with Crippen molar-refractivity contribution < 1.29 is 13.2 Å². The van der Waals surface area contributed by atoms with Crippen molar-refractivity contribution in [2.45, 2.75) is 11.9 Å². The molecule has 112 valence electrons. The molecule has 1 aliphatic heterocycles. The maximum Gasteiger partial charge on any atom is 0.164 e. The van der Waals surface area contributed by atoms with E-state index in [4.69, 9.17) is 4.74 Å². The predicted octanol–water partition coefficient (Wildman–Crippen LogP) is 2.38. The Hall–Kier alpha value is -0.240. The molecule has 20 heavy (non-hydrogen) atoms. The third-order valence-electron chi connectivity index (χ3n) is 3.31. The van der Waals surface area contributed by atoms with Crippen molar-refractivity contribution in [3.05, 3.63) is 28.2 Å². The van der Waals surface area contributed by atoms with Crippen LogP contribution in [0.4, 0.5) is 0 Å². The average molecular weight is 380 g/mol. The van der Waals surface area contributed by atoms with Gasteiger partial charge in [0.25, 0.3) is 0 Å². The summed E-state index contributed by atoms with van der Waals surface area (Å²) in [5.41, 5.74) is 1.05. The number of hydrogen-bond acceptors (Lipinski definition) is 5. The lowest BCUT2D eigenvalue weighted by molar-refractivity contribution is 0.261. The number of rotatable bonds is 4. The van der Waals surface area contributed by atoms with E-state index in [2.05, 4.69) is 15.9 Å². The summed E-state index contributed by atoms with van der Waals surface area (Å²) in [5, 5.41) is -0.403. The van der Waals surface area contributed by atoms with Crippen molar-refractivity contribution >= 4 is 37.5 Å². The van der Waals surface area contributed by atoms with Crippen LogP contribution in [0, 0.1) is 0 Å². The molecule has 1 atom stereocenters. The van der Waals surface area contributed by atoms with Gasteiger partial charge in [-0.05, 0) is 23.8 Å². The molecule has 1 aromatic rings. The van der Waals surface area contributed by atoms with Crippen molar-refractivity contribution in [3.63, 3.8) is 0 Å². The minimum atomic E-state index is -3.07. The number of ether oxygens (including phenoxy) is 1. The van der Waals surface area contributed by atoms with Crippen LogP contribution in [0.2, 0.25) is 0 Å². The number of nitrogens with zero attached hydrogens (tertiary/aromatic N) is 1. The van der Waals surface area contributed by atoms with Crippen LogP contribution in [0.3, 0.4) is 0 Å². The molecule has 2 rings (SSSR count). The van der Waals surface area contributed by atoms with Crippen LogP contribution in [0.1, 0.15) is 5.56 Å². The summed E-state index contributed by atoms with van der Waals surface area (Å²) in [7, 11) is -1.44. The van der Waals surface area contributed by atoms with Gasteiger partial charge in [-0.3, -0.25) is 4.90 Å². The van der Waals surface area contributed by atoms with E-state index in [1.165, 1.54) is 6.26 Å².